The van der Waals surface area contributed by atoms with E-state index in [1.54, 1.807) is 12.1 Å². The second-order valence-corrected chi connectivity index (χ2v) is 4.13. The molecule has 0 radical (unpaired) electrons. The maximum atomic E-state index is 9.05. The van der Waals surface area contributed by atoms with Crippen LogP contribution >= 0.6 is 11.6 Å². The predicted molar refractivity (Wildman–Crippen MR) is 67.4 cm³/mol. The Bertz CT molecular complexity index is 395. The molecule has 1 rings (SSSR count). The van der Waals surface area contributed by atoms with Crippen LogP contribution in [0.25, 0.3) is 0 Å². The van der Waals surface area contributed by atoms with Crippen molar-refractivity contribution in [3.8, 4) is 0 Å². The van der Waals surface area contributed by atoms with Crippen LogP contribution in [0.15, 0.2) is 18.2 Å². The van der Waals surface area contributed by atoms with Gasteiger partial charge < -0.3 is 15.7 Å². The molecule has 1 unspecified atom stereocenters. The molecule has 1 aromatic carbocycles. The van der Waals surface area contributed by atoms with Crippen molar-refractivity contribution in [2.75, 3.05) is 18.6 Å². The monoisotopic (exact) mass is 241 g/mol. The van der Waals surface area contributed by atoms with Gasteiger partial charge in [0.25, 0.3) is 0 Å². The first-order valence-electron chi connectivity index (χ1n) is 4.95. The lowest BCUT2D eigenvalue weighted by atomic mass is 10.1. The van der Waals surface area contributed by atoms with Gasteiger partial charge in [-0.05, 0) is 25.1 Å². The van der Waals surface area contributed by atoms with E-state index in [0.717, 1.165) is 5.69 Å². The van der Waals surface area contributed by atoms with Crippen LogP contribution in [0.1, 0.15) is 12.5 Å². The number of likely N-dealkylation sites (N-methyl/N-ethyl adjacent to an activating group) is 1. The highest BCUT2D eigenvalue weighted by atomic mass is 35.5. The van der Waals surface area contributed by atoms with E-state index in [2.05, 4.69) is 0 Å². The highest BCUT2D eigenvalue weighted by Gasteiger charge is 2.11. The van der Waals surface area contributed by atoms with Crippen LogP contribution in [0.3, 0.4) is 0 Å². The number of amidine groups is 1. The molecule has 0 aromatic heterocycles. The standard InChI is InChI=1S/C11H16ClN3O/c1-7(6-16)15(2)8-3-4-9(11(13)14)10(12)5-8/h3-5,7,16H,6H2,1-2H3,(H3,13,14). The molecule has 0 saturated heterocycles. The van der Waals surface area contributed by atoms with E-state index < -0.39 is 0 Å². The first-order valence-corrected chi connectivity index (χ1v) is 5.32. The summed E-state index contributed by atoms with van der Waals surface area (Å²) in [4.78, 5) is 1.91. The van der Waals surface area contributed by atoms with E-state index in [0.29, 0.717) is 10.6 Å². The fraction of sp³-hybridized carbons (Fsp3) is 0.364. The summed E-state index contributed by atoms with van der Waals surface area (Å²) < 4.78 is 0. The number of nitrogen functional groups attached to an aromatic ring is 1. The van der Waals surface area contributed by atoms with E-state index in [1.165, 1.54) is 0 Å². The summed E-state index contributed by atoms with van der Waals surface area (Å²) in [6, 6.07) is 5.29. The van der Waals surface area contributed by atoms with Gasteiger partial charge >= 0.3 is 0 Å². The third-order valence-corrected chi connectivity index (χ3v) is 2.89. The Hall–Kier alpha value is -1.26. The molecule has 0 heterocycles. The van der Waals surface area contributed by atoms with Gasteiger partial charge in [0.05, 0.1) is 11.6 Å². The molecule has 0 fully saturated rings. The zero-order valence-electron chi connectivity index (χ0n) is 9.37. The van der Waals surface area contributed by atoms with E-state index in [4.69, 9.17) is 27.9 Å². The Labute approximate surface area is 100 Å². The van der Waals surface area contributed by atoms with Crippen LogP contribution in [-0.4, -0.2) is 30.6 Å². The summed E-state index contributed by atoms with van der Waals surface area (Å²) in [6.07, 6.45) is 0. The van der Waals surface area contributed by atoms with E-state index >= 15 is 0 Å². The van der Waals surface area contributed by atoms with Gasteiger partial charge in [-0.15, -0.1) is 0 Å². The molecule has 0 saturated carbocycles. The van der Waals surface area contributed by atoms with Gasteiger partial charge in [-0.1, -0.05) is 11.6 Å². The second-order valence-electron chi connectivity index (χ2n) is 3.72. The van der Waals surface area contributed by atoms with E-state index in [9.17, 15) is 0 Å². The molecule has 0 amide bonds. The van der Waals surface area contributed by atoms with Gasteiger partial charge in [0.2, 0.25) is 0 Å². The van der Waals surface area contributed by atoms with Crippen molar-refractivity contribution < 1.29 is 5.11 Å². The molecule has 1 atom stereocenters. The molecule has 0 spiro atoms. The van der Waals surface area contributed by atoms with Gasteiger partial charge in [0.15, 0.2) is 0 Å². The predicted octanol–water partition coefficient (Wildman–Crippen LogP) is 1.44. The minimum absolute atomic E-state index is 0.0132. The molecular weight excluding hydrogens is 226 g/mol. The third kappa shape index (κ3) is 2.65. The van der Waals surface area contributed by atoms with Crippen LogP contribution in [-0.2, 0) is 0 Å². The van der Waals surface area contributed by atoms with Gasteiger partial charge in [0.1, 0.15) is 5.84 Å². The number of anilines is 1. The minimum Gasteiger partial charge on any atom is -0.394 e. The molecule has 16 heavy (non-hydrogen) atoms. The number of halogens is 1. The molecule has 4 N–H and O–H groups in total. The third-order valence-electron chi connectivity index (χ3n) is 2.58. The maximum absolute atomic E-state index is 9.05. The van der Waals surface area contributed by atoms with Crippen LogP contribution in [0, 0.1) is 5.41 Å². The lowest BCUT2D eigenvalue weighted by Gasteiger charge is -2.25. The fourth-order valence-corrected chi connectivity index (χ4v) is 1.60. The van der Waals surface area contributed by atoms with Crippen molar-refractivity contribution in [3.05, 3.63) is 28.8 Å². The Morgan fingerprint density at radius 2 is 2.25 bits per heavy atom. The molecule has 88 valence electrons. The van der Waals surface area contributed by atoms with Crippen molar-refractivity contribution in [2.45, 2.75) is 13.0 Å². The van der Waals surface area contributed by atoms with Gasteiger partial charge in [0, 0.05) is 24.3 Å². The SMILES string of the molecule is CC(CO)N(C)c1ccc(C(=N)N)c(Cl)c1. The summed E-state index contributed by atoms with van der Waals surface area (Å²) in [5, 5.41) is 16.8. The maximum Gasteiger partial charge on any atom is 0.124 e. The number of rotatable bonds is 4. The number of aliphatic hydroxyl groups is 1. The quantitative estimate of drug-likeness (QED) is 0.552. The van der Waals surface area contributed by atoms with Crippen molar-refractivity contribution in [1.82, 2.24) is 0 Å². The molecule has 0 aliphatic rings. The Morgan fingerprint density at radius 3 is 2.69 bits per heavy atom. The average Bonchev–Trinajstić information content (AvgIpc) is 2.26. The summed E-state index contributed by atoms with van der Waals surface area (Å²) in [5.41, 5.74) is 6.78. The Balaban J connectivity index is 3.01. The summed E-state index contributed by atoms with van der Waals surface area (Å²) >= 11 is 6.01. The van der Waals surface area contributed by atoms with Gasteiger partial charge in [-0.3, -0.25) is 5.41 Å². The number of nitrogens with zero attached hydrogens (tertiary/aromatic N) is 1. The highest BCUT2D eigenvalue weighted by Crippen LogP contribution is 2.23. The van der Waals surface area contributed by atoms with Crippen molar-refractivity contribution in [3.63, 3.8) is 0 Å². The normalized spacial score (nSPS) is 12.2. The fourth-order valence-electron chi connectivity index (χ4n) is 1.32. The number of hydrogen-bond acceptors (Lipinski definition) is 3. The molecule has 0 aliphatic carbocycles. The number of hydrogen-bond donors (Lipinski definition) is 3. The Morgan fingerprint density at radius 1 is 1.62 bits per heavy atom. The average molecular weight is 242 g/mol. The molecule has 4 nitrogen and oxygen atoms in total. The summed E-state index contributed by atoms with van der Waals surface area (Å²) in [7, 11) is 1.87. The molecular formula is C11H16ClN3O. The zero-order valence-corrected chi connectivity index (χ0v) is 10.1. The molecule has 0 aliphatic heterocycles. The van der Waals surface area contributed by atoms with Gasteiger partial charge in [-0.25, -0.2) is 0 Å². The highest BCUT2D eigenvalue weighted by molar-refractivity contribution is 6.34. The lowest BCUT2D eigenvalue weighted by molar-refractivity contribution is 0.270. The first-order chi connectivity index (χ1) is 7.47. The van der Waals surface area contributed by atoms with Crippen LogP contribution < -0.4 is 10.6 Å². The first kappa shape index (κ1) is 12.8. The van der Waals surface area contributed by atoms with Crippen molar-refractivity contribution in [1.29, 1.82) is 5.41 Å². The lowest BCUT2D eigenvalue weighted by Crippen LogP contribution is -2.31. The topological polar surface area (TPSA) is 73.3 Å². The zero-order chi connectivity index (χ0) is 12.3. The number of benzene rings is 1. The molecule has 5 heteroatoms. The van der Waals surface area contributed by atoms with Crippen molar-refractivity contribution >= 4 is 23.1 Å². The second kappa shape index (κ2) is 5.18. The molecule has 1 aromatic rings. The minimum atomic E-state index is -0.0468. The summed E-state index contributed by atoms with van der Waals surface area (Å²) in [6.45, 7) is 1.98. The molecule has 0 bridgehead atoms. The van der Waals surface area contributed by atoms with E-state index in [1.807, 2.05) is 24.9 Å². The van der Waals surface area contributed by atoms with Crippen molar-refractivity contribution in [2.24, 2.45) is 5.73 Å². The largest absolute Gasteiger partial charge is 0.394 e. The smallest absolute Gasteiger partial charge is 0.124 e. The number of nitrogens with one attached hydrogen (secondary N) is 1. The number of nitrogens with two attached hydrogens (primary N) is 1. The number of aliphatic hydroxyl groups excluding tert-OH is 1. The van der Waals surface area contributed by atoms with Gasteiger partial charge in [-0.2, -0.15) is 0 Å². The van der Waals surface area contributed by atoms with Crippen LogP contribution in [0.4, 0.5) is 5.69 Å². The van der Waals surface area contributed by atoms with Crippen LogP contribution in [0.2, 0.25) is 5.02 Å². The van der Waals surface area contributed by atoms with Crippen LogP contribution in [0.5, 0.6) is 0 Å². The Kier molecular flexibility index (Phi) is 4.15. The summed E-state index contributed by atoms with van der Waals surface area (Å²) in [5.74, 6) is -0.0468. The van der Waals surface area contributed by atoms with E-state index in [-0.39, 0.29) is 18.5 Å².